The lowest BCUT2D eigenvalue weighted by Crippen LogP contribution is -2.17. The Morgan fingerprint density at radius 2 is 2.18 bits per heavy atom. The molecule has 2 nitrogen and oxygen atoms in total. The summed E-state index contributed by atoms with van der Waals surface area (Å²) in [5, 5.41) is 0. The number of allylic oxidation sites excluding steroid dienone is 1. The van der Waals surface area contributed by atoms with E-state index in [0.29, 0.717) is 5.92 Å². The van der Waals surface area contributed by atoms with Gasteiger partial charge in [0.1, 0.15) is 0 Å². The van der Waals surface area contributed by atoms with Crippen molar-refractivity contribution < 1.29 is 9.53 Å². The summed E-state index contributed by atoms with van der Waals surface area (Å²) in [6, 6.07) is 0. The van der Waals surface area contributed by atoms with Crippen molar-refractivity contribution >= 4 is 5.97 Å². The van der Waals surface area contributed by atoms with Crippen LogP contribution in [0.4, 0.5) is 0 Å². The van der Waals surface area contributed by atoms with Gasteiger partial charge in [0, 0.05) is 0 Å². The maximum Gasteiger partial charge on any atom is 0.312 e. The van der Waals surface area contributed by atoms with Crippen LogP contribution in [0.25, 0.3) is 0 Å². The Morgan fingerprint density at radius 1 is 1.45 bits per heavy atom. The van der Waals surface area contributed by atoms with Crippen LogP contribution in [0.1, 0.15) is 19.8 Å². The van der Waals surface area contributed by atoms with Gasteiger partial charge in [-0.1, -0.05) is 19.1 Å². The van der Waals surface area contributed by atoms with E-state index in [4.69, 9.17) is 0 Å². The number of carbonyl (C=O) groups is 1. The zero-order chi connectivity index (χ0) is 8.27. The highest BCUT2D eigenvalue weighted by molar-refractivity contribution is 5.74. The predicted octanol–water partition coefficient (Wildman–Crippen LogP) is 1.76. The molecule has 0 aromatic carbocycles. The van der Waals surface area contributed by atoms with Crippen molar-refractivity contribution in [3.05, 3.63) is 12.2 Å². The zero-order valence-electron chi connectivity index (χ0n) is 7.04. The first kappa shape index (κ1) is 8.31. The van der Waals surface area contributed by atoms with Crippen LogP contribution in [0.5, 0.6) is 0 Å². The molecule has 0 radical (unpaired) electrons. The molecule has 0 fully saturated rings. The number of hydrogen-bond acceptors (Lipinski definition) is 2. The summed E-state index contributed by atoms with van der Waals surface area (Å²) in [6.07, 6.45) is 6.08. The van der Waals surface area contributed by atoms with Crippen molar-refractivity contribution in [2.75, 3.05) is 7.11 Å². The maximum absolute atomic E-state index is 11.0. The maximum atomic E-state index is 11.0. The summed E-state index contributed by atoms with van der Waals surface area (Å²) in [6.45, 7) is 2.16. The largest absolute Gasteiger partial charge is 0.469 e. The van der Waals surface area contributed by atoms with Gasteiger partial charge in [0.2, 0.25) is 0 Å². The van der Waals surface area contributed by atoms with Gasteiger partial charge in [-0.15, -0.1) is 0 Å². The standard InChI is InChI=1S/C9H14O2/c1-7-3-5-8(6-4-7)9(10)11-2/h3,5,7-8H,4,6H2,1-2H3. The Labute approximate surface area is 67.2 Å². The molecule has 0 aliphatic heterocycles. The molecule has 1 aliphatic carbocycles. The lowest BCUT2D eigenvalue weighted by atomic mass is 9.90. The molecule has 2 atom stereocenters. The minimum atomic E-state index is -0.104. The van der Waals surface area contributed by atoms with Gasteiger partial charge < -0.3 is 4.74 Å². The van der Waals surface area contributed by atoms with Gasteiger partial charge in [-0.05, 0) is 18.8 Å². The van der Waals surface area contributed by atoms with Crippen LogP contribution >= 0.6 is 0 Å². The molecule has 0 saturated carbocycles. The third kappa shape index (κ3) is 2.07. The summed E-state index contributed by atoms with van der Waals surface area (Å²) in [5.41, 5.74) is 0. The van der Waals surface area contributed by atoms with Crippen molar-refractivity contribution in [3.63, 3.8) is 0 Å². The number of hydrogen-bond donors (Lipinski definition) is 0. The fraction of sp³-hybridized carbons (Fsp3) is 0.667. The highest BCUT2D eigenvalue weighted by Gasteiger charge is 2.19. The van der Waals surface area contributed by atoms with Crippen molar-refractivity contribution in [2.45, 2.75) is 19.8 Å². The molecule has 11 heavy (non-hydrogen) atoms. The van der Waals surface area contributed by atoms with E-state index in [1.54, 1.807) is 0 Å². The molecule has 62 valence electrons. The zero-order valence-corrected chi connectivity index (χ0v) is 7.04. The summed E-state index contributed by atoms with van der Waals surface area (Å²) in [7, 11) is 1.44. The second-order valence-electron chi connectivity index (χ2n) is 3.07. The van der Waals surface area contributed by atoms with Gasteiger partial charge in [-0.25, -0.2) is 0 Å². The van der Waals surface area contributed by atoms with Crippen LogP contribution in [0.2, 0.25) is 0 Å². The molecule has 0 amide bonds. The van der Waals surface area contributed by atoms with Gasteiger partial charge >= 0.3 is 5.97 Å². The quantitative estimate of drug-likeness (QED) is 0.425. The number of methoxy groups -OCH3 is 1. The van der Waals surface area contributed by atoms with Crippen molar-refractivity contribution in [3.8, 4) is 0 Å². The Hall–Kier alpha value is -0.790. The topological polar surface area (TPSA) is 26.3 Å². The first-order valence-electron chi connectivity index (χ1n) is 4.00. The van der Waals surface area contributed by atoms with E-state index >= 15 is 0 Å². The Morgan fingerprint density at radius 3 is 2.64 bits per heavy atom. The summed E-state index contributed by atoms with van der Waals surface area (Å²) in [5.74, 6) is 0.528. The Kier molecular flexibility index (Phi) is 2.69. The smallest absolute Gasteiger partial charge is 0.312 e. The summed E-state index contributed by atoms with van der Waals surface area (Å²) < 4.78 is 4.63. The molecule has 2 unspecified atom stereocenters. The summed E-state index contributed by atoms with van der Waals surface area (Å²) >= 11 is 0. The Bertz CT molecular complexity index is 172. The molecule has 1 rings (SSSR count). The SMILES string of the molecule is COC(=O)C1C=CC(C)CC1. The van der Waals surface area contributed by atoms with E-state index < -0.39 is 0 Å². The van der Waals surface area contributed by atoms with Crippen molar-refractivity contribution in [1.82, 2.24) is 0 Å². The third-order valence-electron chi connectivity index (χ3n) is 2.11. The van der Waals surface area contributed by atoms with Crippen molar-refractivity contribution in [1.29, 1.82) is 0 Å². The van der Waals surface area contributed by atoms with Crippen LogP contribution in [0, 0.1) is 11.8 Å². The van der Waals surface area contributed by atoms with E-state index in [2.05, 4.69) is 17.7 Å². The number of esters is 1. The summed E-state index contributed by atoms with van der Waals surface area (Å²) in [4.78, 5) is 11.0. The number of rotatable bonds is 1. The van der Waals surface area contributed by atoms with E-state index in [-0.39, 0.29) is 11.9 Å². The van der Waals surface area contributed by atoms with Gasteiger partial charge in [0.15, 0.2) is 0 Å². The van der Waals surface area contributed by atoms with E-state index in [0.717, 1.165) is 12.8 Å². The minimum Gasteiger partial charge on any atom is -0.469 e. The Balaban J connectivity index is 2.50. The molecule has 0 aromatic heterocycles. The van der Waals surface area contributed by atoms with Crippen LogP contribution < -0.4 is 0 Å². The molecular formula is C9H14O2. The molecule has 0 bridgehead atoms. The fourth-order valence-corrected chi connectivity index (χ4v) is 1.31. The lowest BCUT2D eigenvalue weighted by molar-refractivity contribution is -0.144. The van der Waals surface area contributed by atoms with Gasteiger partial charge in [-0.3, -0.25) is 4.79 Å². The van der Waals surface area contributed by atoms with Crippen LogP contribution in [0.3, 0.4) is 0 Å². The highest BCUT2D eigenvalue weighted by atomic mass is 16.5. The van der Waals surface area contributed by atoms with E-state index in [9.17, 15) is 4.79 Å². The first-order valence-corrected chi connectivity index (χ1v) is 4.00. The number of carbonyl (C=O) groups excluding carboxylic acids is 1. The molecular weight excluding hydrogens is 140 g/mol. The monoisotopic (exact) mass is 154 g/mol. The third-order valence-corrected chi connectivity index (χ3v) is 2.11. The van der Waals surface area contributed by atoms with Gasteiger partial charge in [0.05, 0.1) is 13.0 Å². The van der Waals surface area contributed by atoms with Crippen LogP contribution in [-0.2, 0) is 9.53 Å². The molecule has 0 heterocycles. The molecule has 0 aromatic rings. The first-order chi connectivity index (χ1) is 5.24. The second kappa shape index (κ2) is 3.56. The minimum absolute atomic E-state index is 0.0104. The molecule has 0 saturated heterocycles. The van der Waals surface area contributed by atoms with Gasteiger partial charge in [0.25, 0.3) is 0 Å². The molecule has 0 spiro atoms. The van der Waals surface area contributed by atoms with E-state index in [1.807, 2.05) is 6.08 Å². The fourth-order valence-electron chi connectivity index (χ4n) is 1.31. The lowest BCUT2D eigenvalue weighted by Gasteiger charge is -2.17. The molecule has 1 aliphatic rings. The molecule has 2 heteroatoms. The average molecular weight is 154 g/mol. The highest BCUT2D eigenvalue weighted by Crippen LogP contribution is 2.22. The normalized spacial score (nSPS) is 30.0. The molecule has 0 N–H and O–H groups in total. The van der Waals surface area contributed by atoms with Crippen LogP contribution in [0.15, 0.2) is 12.2 Å². The second-order valence-corrected chi connectivity index (χ2v) is 3.07. The van der Waals surface area contributed by atoms with Crippen molar-refractivity contribution in [2.24, 2.45) is 11.8 Å². The van der Waals surface area contributed by atoms with E-state index in [1.165, 1.54) is 7.11 Å². The number of ether oxygens (including phenoxy) is 1. The van der Waals surface area contributed by atoms with Gasteiger partial charge in [-0.2, -0.15) is 0 Å². The van der Waals surface area contributed by atoms with Crippen LogP contribution in [-0.4, -0.2) is 13.1 Å². The average Bonchev–Trinajstić information content (AvgIpc) is 2.05. The predicted molar refractivity (Wildman–Crippen MR) is 43.0 cm³/mol.